The number of pyridine rings is 1. The Bertz CT molecular complexity index is 1140. The van der Waals surface area contributed by atoms with Gasteiger partial charge in [0.15, 0.2) is 17.3 Å². The van der Waals surface area contributed by atoms with E-state index in [1.807, 2.05) is 18.2 Å². The molecule has 4 aromatic rings. The lowest BCUT2D eigenvalue weighted by atomic mass is 10.2. The Balaban J connectivity index is 1.44. The van der Waals surface area contributed by atoms with Crippen molar-refractivity contribution in [1.29, 1.82) is 0 Å². The molecule has 0 atom stereocenters. The number of ether oxygens (including phenoxy) is 2. The number of methoxy groups -OCH3 is 1. The number of fused-ring (bicyclic) bond motifs is 1. The van der Waals surface area contributed by atoms with Crippen LogP contribution in [0.25, 0.3) is 22.6 Å². The van der Waals surface area contributed by atoms with Crippen LogP contribution in [-0.4, -0.2) is 58.3 Å². The van der Waals surface area contributed by atoms with Crippen molar-refractivity contribution in [3.8, 4) is 17.3 Å². The number of hydrogen-bond donors (Lipinski definition) is 2. The van der Waals surface area contributed by atoms with Gasteiger partial charge in [0.2, 0.25) is 5.88 Å². The van der Waals surface area contributed by atoms with Gasteiger partial charge in [-0.05, 0) is 30.3 Å². The fourth-order valence-electron chi connectivity index (χ4n) is 3.40. The highest BCUT2D eigenvalue weighted by Gasteiger charge is 2.14. The minimum absolute atomic E-state index is 0.539. The van der Waals surface area contributed by atoms with Gasteiger partial charge in [-0.1, -0.05) is 0 Å². The van der Waals surface area contributed by atoms with Crippen LogP contribution in [0.1, 0.15) is 0 Å². The highest BCUT2D eigenvalue weighted by molar-refractivity contribution is 5.86. The molecule has 0 bridgehead atoms. The third kappa shape index (κ3) is 3.62. The van der Waals surface area contributed by atoms with E-state index in [-0.39, 0.29) is 0 Å². The number of hydrogen-bond acceptors (Lipinski definition) is 8. The summed E-state index contributed by atoms with van der Waals surface area (Å²) in [5, 5.41) is 3.39. The van der Waals surface area contributed by atoms with Crippen LogP contribution >= 0.6 is 0 Å². The third-order valence-corrected chi connectivity index (χ3v) is 5.00. The number of morpholine rings is 1. The molecule has 2 N–H and O–H groups in total. The Morgan fingerprint density at radius 1 is 1.03 bits per heavy atom. The third-order valence-electron chi connectivity index (χ3n) is 5.00. The molecule has 1 aliphatic rings. The van der Waals surface area contributed by atoms with Crippen molar-refractivity contribution in [2.75, 3.05) is 43.6 Å². The first-order valence-corrected chi connectivity index (χ1v) is 9.71. The fraction of sp³-hybridized carbons (Fsp3) is 0.238. The summed E-state index contributed by atoms with van der Waals surface area (Å²) in [5.41, 5.74) is 4.23. The molecule has 0 unspecified atom stereocenters. The maximum Gasteiger partial charge on any atom is 0.212 e. The largest absolute Gasteiger partial charge is 0.481 e. The maximum atomic E-state index is 5.43. The molecule has 0 radical (unpaired) electrons. The molecule has 30 heavy (non-hydrogen) atoms. The summed E-state index contributed by atoms with van der Waals surface area (Å²) in [6.45, 7) is 3.35. The molecule has 9 nitrogen and oxygen atoms in total. The van der Waals surface area contributed by atoms with Crippen molar-refractivity contribution >= 4 is 28.4 Å². The molecule has 1 saturated heterocycles. The summed E-state index contributed by atoms with van der Waals surface area (Å²) >= 11 is 0. The first-order valence-electron chi connectivity index (χ1n) is 9.71. The highest BCUT2D eigenvalue weighted by atomic mass is 16.5. The zero-order valence-electron chi connectivity index (χ0n) is 16.5. The van der Waals surface area contributed by atoms with Gasteiger partial charge in [-0.2, -0.15) is 0 Å². The minimum atomic E-state index is 0.539. The fourth-order valence-corrected chi connectivity index (χ4v) is 3.40. The monoisotopic (exact) mass is 403 g/mol. The molecule has 0 aliphatic carbocycles. The van der Waals surface area contributed by atoms with Crippen LogP contribution in [-0.2, 0) is 4.74 Å². The zero-order valence-corrected chi connectivity index (χ0v) is 16.5. The molecular formula is C21H21N7O2. The van der Waals surface area contributed by atoms with Gasteiger partial charge in [0.1, 0.15) is 5.52 Å². The van der Waals surface area contributed by atoms with Crippen molar-refractivity contribution in [2.24, 2.45) is 0 Å². The number of aromatic nitrogens is 5. The van der Waals surface area contributed by atoms with Crippen molar-refractivity contribution < 1.29 is 9.47 Å². The second-order valence-corrected chi connectivity index (χ2v) is 6.86. The van der Waals surface area contributed by atoms with Crippen molar-refractivity contribution in [3.63, 3.8) is 0 Å². The number of imidazole rings is 1. The van der Waals surface area contributed by atoms with Gasteiger partial charge < -0.3 is 24.7 Å². The normalized spacial score (nSPS) is 14.1. The van der Waals surface area contributed by atoms with Gasteiger partial charge >= 0.3 is 0 Å². The van der Waals surface area contributed by atoms with E-state index in [0.29, 0.717) is 23.2 Å². The summed E-state index contributed by atoms with van der Waals surface area (Å²) in [6.07, 6.45) is 3.30. The average molecular weight is 403 g/mol. The maximum absolute atomic E-state index is 5.43. The number of rotatable bonds is 5. The first kappa shape index (κ1) is 18.3. The molecule has 5 rings (SSSR count). The molecular weight excluding hydrogens is 382 g/mol. The molecule has 9 heteroatoms. The molecule has 0 saturated carbocycles. The quantitative estimate of drug-likeness (QED) is 0.524. The van der Waals surface area contributed by atoms with Crippen LogP contribution < -0.4 is 15.0 Å². The molecule has 0 amide bonds. The number of aromatic amines is 1. The molecule has 0 spiro atoms. The van der Waals surface area contributed by atoms with Gasteiger partial charge in [0.25, 0.3) is 0 Å². The van der Waals surface area contributed by atoms with Gasteiger partial charge in [-0.3, -0.25) is 0 Å². The number of nitrogens with one attached hydrogen (secondary N) is 2. The Labute approximate surface area is 173 Å². The molecule has 1 fully saturated rings. The number of anilines is 3. The van der Waals surface area contributed by atoms with Crippen molar-refractivity contribution in [1.82, 2.24) is 24.9 Å². The highest BCUT2D eigenvalue weighted by Crippen LogP contribution is 2.27. The van der Waals surface area contributed by atoms with Crippen LogP contribution in [0.15, 0.2) is 48.9 Å². The predicted molar refractivity (Wildman–Crippen MR) is 114 cm³/mol. The first-order chi connectivity index (χ1) is 14.8. The van der Waals surface area contributed by atoms with Gasteiger partial charge in [0.05, 0.1) is 26.7 Å². The summed E-state index contributed by atoms with van der Waals surface area (Å²) in [7, 11) is 1.58. The molecule has 4 heterocycles. The van der Waals surface area contributed by atoms with E-state index in [2.05, 4.69) is 42.3 Å². The lowest BCUT2D eigenvalue weighted by molar-refractivity contribution is 0.122. The van der Waals surface area contributed by atoms with Crippen molar-refractivity contribution in [2.45, 2.75) is 0 Å². The predicted octanol–water partition coefficient (Wildman–Crippen LogP) is 3.00. The number of benzene rings is 1. The Morgan fingerprint density at radius 3 is 2.60 bits per heavy atom. The minimum Gasteiger partial charge on any atom is -0.481 e. The van der Waals surface area contributed by atoms with E-state index in [9.17, 15) is 0 Å². The van der Waals surface area contributed by atoms with E-state index >= 15 is 0 Å². The molecule has 1 aromatic carbocycles. The summed E-state index contributed by atoms with van der Waals surface area (Å²) in [6, 6.07) is 12.0. The van der Waals surface area contributed by atoms with E-state index in [1.165, 1.54) is 5.69 Å². The van der Waals surface area contributed by atoms with Crippen LogP contribution in [0, 0.1) is 0 Å². The van der Waals surface area contributed by atoms with E-state index < -0.39 is 0 Å². The van der Waals surface area contributed by atoms with E-state index in [4.69, 9.17) is 14.5 Å². The molecule has 3 aromatic heterocycles. The zero-order chi connectivity index (χ0) is 20.3. The van der Waals surface area contributed by atoms with Crippen molar-refractivity contribution in [3.05, 3.63) is 48.9 Å². The lowest BCUT2D eigenvalue weighted by Crippen LogP contribution is -2.36. The second-order valence-electron chi connectivity index (χ2n) is 6.86. The smallest absolute Gasteiger partial charge is 0.212 e. The Hall–Kier alpha value is -3.72. The van der Waals surface area contributed by atoms with Crippen LogP contribution in [0.2, 0.25) is 0 Å². The Kier molecular flexibility index (Phi) is 4.86. The van der Waals surface area contributed by atoms with Crippen LogP contribution in [0.3, 0.4) is 0 Å². The summed E-state index contributed by atoms with van der Waals surface area (Å²) in [5.74, 6) is 1.73. The molecule has 152 valence electrons. The van der Waals surface area contributed by atoms with E-state index in [1.54, 1.807) is 25.7 Å². The number of nitrogens with zero attached hydrogens (tertiary/aromatic N) is 5. The Morgan fingerprint density at radius 2 is 1.87 bits per heavy atom. The average Bonchev–Trinajstić information content (AvgIpc) is 3.29. The van der Waals surface area contributed by atoms with Gasteiger partial charge in [-0.15, -0.1) is 0 Å². The summed E-state index contributed by atoms with van der Waals surface area (Å²) in [4.78, 5) is 23.2. The van der Waals surface area contributed by atoms with Crippen LogP contribution in [0.4, 0.5) is 17.2 Å². The lowest BCUT2D eigenvalue weighted by Gasteiger charge is -2.28. The molecule has 1 aliphatic heterocycles. The van der Waals surface area contributed by atoms with Gasteiger partial charge in [-0.25, -0.2) is 19.9 Å². The standard InChI is InChI=1S/C21H21N7O2/c1-29-17-7-2-14(12-22-17)19-26-20-18(23-13-24-20)21(27-19)25-15-3-5-16(6-4-15)28-8-10-30-11-9-28/h2-7,12-13H,8-11H2,1H3,(H2,23,24,25,26,27). The topological polar surface area (TPSA) is 101 Å². The number of H-pyrrole nitrogens is 1. The summed E-state index contributed by atoms with van der Waals surface area (Å²) < 4.78 is 10.6. The van der Waals surface area contributed by atoms with E-state index in [0.717, 1.165) is 43.1 Å². The second kappa shape index (κ2) is 7.96. The van der Waals surface area contributed by atoms with Crippen LogP contribution in [0.5, 0.6) is 5.88 Å². The van der Waals surface area contributed by atoms with Gasteiger partial charge in [0, 0.05) is 42.3 Å². The SMILES string of the molecule is COc1ccc(-c2nc(Nc3ccc(N4CCOCC4)cc3)c3[nH]cnc3n2)cn1.